The molecule has 16 nitrogen and oxygen atoms in total. The van der Waals surface area contributed by atoms with Crippen molar-refractivity contribution in [2.45, 2.75) is 135 Å². The van der Waals surface area contributed by atoms with Crippen molar-refractivity contribution in [1.82, 2.24) is 48.4 Å². The number of nitrogens with zero attached hydrogens (tertiary/aromatic N) is 9. The summed E-state index contributed by atoms with van der Waals surface area (Å²) < 4.78 is 33.2. The lowest BCUT2D eigenvalue weighted by atomic mass is 9.99. The molecule has 4 unspecified atom stereocenters. The number of H-pyrrole nitrogens is 1. The Morgan fingerprint density at radius 3 is 1.67 bits per heavy atom. The molecule has 0 saturated carbocycles. The Balaban J connectivity index is 0.000000161. The zero-order valence-electron chi connectivity index (χ0n) is 40.4. The molecule has 0 spiro atoms. The van der Waals surface area contributed by atoms with E-state index >= 15 is 0 Å². The first-order valence-corrected chi connectivity index (χ1v) is 24.6. The second kappa shape index (κ2) is 23.9. The highest BCUT2D eigenvalue weighted by Crippen LogP contribution is 2.37. The lowest BCUT2D eigenvalue weighted by Gasteiger charge is -2.39. The van der Waals surface area contributed by atoms with Gasteiger partial charge >= 0.3 is 17.1 Å². The van der Waals surface area contributed by atoms with E-state index in [-0.39, 0.29) is 48.2 Å². The van der Waals surface area contributed by atoms with Gasteiger partial charge in [-0.1, -0.05) is 109 Å². The molecule has 0 aliphatic carbocycles. The average Bonchev–Trinajstić information content (AvgIpc) is 3.89. The zero-order chi connectivity index (χ0) is 49.0. The van der Waals surface area contributed by atoms with Crippen LogP contribution < -0.4 is 17.1 Å². The van der Waals surface area contributed by atoms with Crippen molar-refractivity contribution >= 4 is 0 Å². The van der Waals surface area contributed by atoms with Crippen molar-refractivity contribution < 1.29 is 19.0 Å². The summed E-state index contributed by atoms with van der Waals surface area (Å²) in [5, 5.41) is 26.4. The van der Waals surface area contributed by atoms with E-state index in [1.165, 1.54) is 15.4 Å². The lowest BCUT2D eigenvalue weighted by Crippen LogP contribution is -2.49. The molecule has 3 aliphatic rings. The summed E-state index contributed by atoms with van der Waals surface area (Å²) in [5.74, 6) is 2.09. The molecule has 3 saturated heterocycles. The molecule has 17 heteroatoms. The summed E-state index contributed by atoms with van der Waals surface area (Å²) >= 11 is 0. The summed E-state index contributed by atoms with van der Waals surface area (Å²) in [6.07, 6.45) is 5.43. The third-order valence-electron chi connectivity index (χ3n) is 13.3. The number of benzene rings is 4. The Hall–Kier alpha value is -6.53. The fourth-order valence-corrected chi connectivity index (χ4v) is 9.60. The van der Waals surface area contributed by atoms with E-state index in [1.54, 1.807) is 25.8 Å². The van der Waals surface area contributed by atoms with Gasteiger partial charge in [-0.25, -0.2) is 33.2 Å². The number of nitrogens with one attached hydrogen (secondary N) is 1. The highest BCUT2D eigenvalue weighted by atomic mass is 19.1. The topological polar surface area (TPSA) is 176 Å². The maximum Gasteiger partial charge on any atom is 0.346 e. The van der Waals surface area contributed by atoms with Crippen LogP contribution in [0, 0.1) is 5.82 Å². The molecule has 70 heavy (non-hydrogen) atoms. The highest BCUT2D eigenvalue weighted by molar-refractivity contribution is 5.21. The molecule has 4 atom stereocenters. The summed E-state index contributed by atoms with van der Waals surface area (Å²) in [6.45, 7) is 9.95. The van der Waals surface area contributed by atoms with Crippen molar-refractivity contribution in [2.75, 3.05) is 13.2 Å². The van der Waals surface area contributed by atoms with E-state index in [0.717, 1.165) is 60.6 Å². The van der Waals surface area contributed by atoms with Gasteiger partial charge in [0.2, 0.25) is 0 Å². The molecule has 0 amide bonds. The average molecular weight is 957 g/mol. The minimum absolute atomic E-state index is 0.0380. The molecule has 3 aliphatic heterocycles. The lowest BCUT2D eigenvalue weighted by molar-refractivity contribution is -0.0408. The van der Waals surface area contributed by atoms with Gasteiger partial charge < -0.3 is 14.6 Å². The Morgan fingerprint density at radius 2 is 1.16 bits per heavy atom. The predicted octanol–water partition coefficient (Wildman–Crippen LogP) is 5.60. The Morgan fingerprint density at radius 1 is 0.671 bits per heavy atom. The maximum absolute atomic E-state index is 13.9. The van der Waals surface area contributed by atoms with Gasteiger partial charge in [-0.05, 0) is 69.2 Å². The molecule has 6 heterocycles. The fourth-order valence-electron chi connectivity index (χ4n) is 9.60. The first-order chi connectivity index (χ1) is 34.1. The molecular formula is C53H65FN10O6. The summed E-state index contributed by atoms with van der Waals surface area (Å²) in [7, 11) is 0. The standard InChI is InChI=1S/C28H35FN4O3.C14H17N3O2.C11H13N3O/c1-2-31-27(14-20-8-4-3-5-9-20)30-33(28(31)35)18-24(34)17-32-22-12-13-23(32)16-25(15-22)36-19-21-10-6-7-11-26(21)29;1-2-16-13(8-11-6-4-3-5-7-11)15-17(14(16)18)9-12-10-19-12;1-2-14-10(12-13-11(14)15)8-9-6-4-3-5-7-9/h3-11,22-25,34H,2,12-19H2,1H3;3-7,12H,2,8-10H2,1H3;3-7H,2,8H2,1H3,(H,13,15). The Kier molecular flexibility index (Phi) is 17.0. The van der Waals surface area contributed by atoms with Crippen LogP contribution >= 0.6 is 0 Å². The van der Waals surface area contributed by atoms with Gasteiger partial charge in [-0.2, -0.15) is 15.3 Å². The number of aliphatic hydroxyl groups excluding tert-OH is 1. The van der Waals surface area contributed by atoms with Gasteiger partial charge in [0.1, 0.15) is 29.4 Å². The molecule has 7 aromatic rings. The minimum atomic E-state index is -0.688. The molecule has 10 rings (SSSR count). The number of halogens is 1. The number of piperidine rings is 1. The van der Waals surface area contributed by atoms with E-state index in [9.17, 15) is 23.9 Å². The molecular weight excluding hydrogens is 892 g/mol. The number of fused-ring (bicyclic) bond motifs is 2. The molecule has 2 bridgehead atoms. The van der Waals surface area contributed by atoms with Crippen molar-refractivity contribution in [3.05, 3.63) is 192 Å². The summed E-state index contributed by atoms with van der Waals surface area (Å²) in [4.78, 5) is 38.8. The SMILES string of the molecule is CCn1c(Cc2ccccc2)n[nH]c1=O.CCn1c(Cc2ccccc2)nn(CC(O)CN2C3CCC2CC(OCc2ccccc2F)C3)c1=O.CCn1c(Cc2ccccc2)nn(CC2CO2)c1=O. The first-order valence-electron chi connectivity index (χ1n) is 24.6. The quantitative estimate of drug-likeness (QED) is 0.103. The smallest absolute Gasteiger partial charge is 0.346 e. The molecule has 3 aromatic heterocycles. The van der Waals surface area contributed by atoms with Crippen LogP contribution in [0.4, 0.5) is 4.39 Å². The predicted molar refractivity (Wildman–Crippen MR) is 264 cm³/mol. The van der Waals surface area contributed by atoms with Crippen LogP contribution in [0.5, 0.6) is 0 Å². The van der Waals surface area contributed by atoms with Gasteiger partial charge in [-0.3, -0.25) is 18.6 Å². The zero-order valence-corrected chi connectivity index (χ0v) is 40.4. The van der Waals surface area contributed by atoms with Crippen LogP contribution in [0.1, 0.15) is 86.2 Å². The molecule has 3 fully saturated rings. The monoisotopic (exact) mass is 957 g/mol. The number of ether oxygens (including phenoxy) is 2. The first kappa shape index (κ1) is 49.9. The summed E-state index contributed by atoms with van der Waals surface area (Å²) in [5.41, 5.74) is 3.66. The van der Waals surface area contributed by atoms with Crippen molar-refractivity contribution in [3.63, 3.8) is 0 Å². The second-order valence-electron chi connectivity index (χ2n) is 18.1. The number of hydrogen-bond acceptors (Lipinski definition) is 10. The normalized spacial score (nSPS) is 18.7. The van der Waals surface area contributed by atoms with Crippen molar-refractivity contribution in [1.29, 1.82) is 0 Å². The van der Waals surface area contributed by atoms with E-state index in [2.05, 4.69) is 25.3 Å². The molecule has 2 N–H and O–H groups in total. The minimum Gasteiger partial charge on any atom is -0.390 e. The van der Waals surface area contributed by atoms with Crippen LogP contribution in [0.25, 0.3) is 0 Å². The van der Waals surface area contributed by atoms with Crippen LogP contribution in [-0.2, 0) is 68.1 Å². The van der Waals surface area contributed by atoms with E-state index in [1.807, 2.05) is 118 Å². The van der Waals surface area contributed by atoms with Gasteiger partial charge in [0.05, 0.1) is 38.5 Å². The van der Waals surface area contributed by atoms with Crippen molar-refractivity contribution in [3.8, 4) is 0 Å². The van der Waals surface area contributed by atoms with Crippen LogP contribution in [0.3, 0.4) is 0 Å². The van der Waals surface area contributed by atoms with Gasteiger partial charge in [0, 0.05) is 63.1 Å². The maximum atomic E-state index is 13.9. The third-order valence-corrected chi connectivity index (χ3v) is 13.3. The number of aliphatic hydroxyl groups is 1. The largest absolute Gasteiger partial charge is 0.390 e. The highest BCUT2D eigenvalue weighted by Gasteiger charge is 2.42. The number of epoxide rings is 1. The van der Waals surface area contributed by atoms with Gasteiger partial charge in [0.15, 0.2) is 0 Å². The number of hydrogen-bond donors (Lipinski definition) is 2. The van der Waals surface area contributed by atoms with Gasteiger partial charge in [0.25, 0.3) is 0 Å². The van der Waals surface area contributed by atoms with Gasteiger partial charge in [-0.15, -0.1) is 0 Å². The van der Waals surface area contributed by atoms with E-state index in [4.69, 9.17) is 9.47 Å². The second-order valence-corrected chi connectivity index (χ2v) is 18.1. The number of rotatable bonds is 18. The Labute approximate surface area is 406 Å². The van der Waals surface area contributed by atoms with E-state index < -0.39 is 6.10 Å². The molecule has 4 aromatic carbocycles. The third kappa shape index (κ3) is 12.8. The number of aromatic nitrogens is 9. The van der Waals surface area contributed by atoms with Crippen LogP contribution in [0.15, 0.2) is 130 Å². The van der Waals surface area contributed by atoms with E-state index in [0.29, 0.717) is 75.5 Å². The fraction of sp³-hybridized carbons (Fsp3) is 0.434. The van der Waals surface area contributed by atoms with Crippen molar-refractivity contribution in [2.24, 2.45) is 0 Å². The summed E-state index contributed by atoms with van der Waals surface area (Å²) in [6, 6.07) is 37.5. The molecule has 0 radical (unpaired) electrons. The van der Waals surface area contributed by atoms with Crippen LogP contribution in [0.2, 0.25) is 0 Å². The molecule has 370 valence electrons. The Bertz CT molecular complexity index is 2890. The number of aromatic amines is 1. The van der Waals surface area contributed by atoms with Crippen LogP contribution in [-0.4, -0.2) is 97.0 Å².